The van der Waals surface area contributed by atoms with Crippen LogP contribution in [-0.4, -0.2) is 116 Å². The predicted octanol–water partition coefficient (Wildman–Crippen LogP) is 16.8. The summed E-state index contributed by atoms with van der Waals surface area (Å²) in [4.78, 5) is 19.5. The smallest absolute Gasteiger partial charge is 0.104 e. The van der Waals surface area contributed by atoms with Crippen LogP contribution >= 0.6 is 0 Å². The van der Waals surface area contributed by atoms with E-state index < -0.39 is 0 Å². The number of hydrogen-bond acceptors (Lipinski definition) is 2. The zero-order chi connectivity index (χ0) is 56.7. The number of fused-ring (bicyclic) bond motifs is 8. The first-order valence-electron chi connectivity index (χ1n) is 30.8. The Balaban J connectivity index is 1.33. The standard InChI is InChI=1S/C72H94N8/c1-13-77(14-2,15-3)49-53-25-33-57(34-26-53)69-61-41-43-63(73-61)70(58-35-27-54(28-36-58)50-78(16-4,17-5)18-6)65-45-47-67(75-65)72(60-39-31-56(32-40-60)52-80(22-10,23-11)24-12)68-48-46-66(76-68)71(64-44-42-62(69)74-64)59-37-29-55(30-38-59)51-79(19-7,20-8)21-9/h25-48,73-74H,13-24,49-52H2,1-12H3/q+4. The molecule has 7 aromatic rings. The van der Waals surface area contributed by atoms with Crippen molar-refractivity contribution in [3.05, 3.63) is 166 Å². The number of nitrogens with zero attached hydrogens (tertiary/aromatic N) is 6. The Hall–Kier alpha value is -6.68. The second kappa shape index (κ2) is 25.0. The molecule has 0 unspecified atom stereocenters. The van der Waals surface area contributed by atoms with Crippen molar-refractivity contribution in [2.75, 3.05) is 78.5 Å². The first-order chi connectivity index (χ1) is 38.8. The van der Waals surface area contributed by atoms with Gasteiger partial charge in [-0.25, -0.2) is 9.97 Å². The number of aromatic amines is 2. The maximum absolute atomic E-state index is 5.69. The van der Waals surface area contributed by atoms with Gasteiger partial charge >= 0.3 is 0 Å². The van der Waals surface area contributed by atoms with E-state index in [9.17, 15) is 0 Å². The second-order valence-electron chi connectivity index (χ2n) is 23.1. The fraction of sp³-hybridized carbons (Fsp3) is 0.389. The number of benzene rings is 4. The van der Waals surface area contributed by atoms with Crippen molar-refractivity contribution in [1.29, 1.82) is 0 Å². The van der Waals surface area contributed by atoms with Gasteiger partial charge in [0, 0.05) is 66.6 Å². The molecule has 0 amide bonds. The number of rotatable bonds is 24. The van der Waals surface area contributed by atoms with Gasteiger partial charge in [0.1, 0.15) is 26.2 Å². The first kappa shape index (κ1) is 58.0. The monoisotopic (exact) mass is 1070 g/mol. The summed E-state index contributed by atoms with van der Waals surface area (Å²) < 4.78 is 4.26. The average Bonchev–Trinajstić information content (AvgIpc) is 4.39. The lowest BCUT2D eigenvalue weighted by Gasteiger charge is -2.35. The minimum Gasteiger partial charge on any atom is -0.354 e. The lowest BCUT2D eigenvalue weighted by molar-refractivity contribution is -0.936. The molecule has 4 aromatic carbocycles. The summed E-state index contributed by atoms with van der Waals surface area (Å²) >= 11 is 0. The zero-order valence-electron chi connectivity index (χ0n) is 50.9. The average molecular weight is 1070 g/mol. The Kier molecular flexibility index (Phi) is 18.1. The van der Waals surface area contributed by atoms with Crippen LogP contribution in [0, 0.1) is 0 Å². The van der Waals surface area contributed by atoms with Crippen molar-refractivity contribution in [2.45, 2.75) is 109 Å². The van der Waals surface area contributed by atoms with Gasteiger partial charge in [-0.3, -0.25) is 0 Å². The maximum Gasteiger partial charge on any atom is 0.104 e. The van der Waals surface area contributed by atoms with E-state index in [-0.39, 0.29) is 0 Å². The summed E-state index contributed by atoms with van der Waals surface area (Å²) in [6.45, 7) is 45.3. The van der Waals surface area contributed by atoms with Crippen LogP contribution < -0.4 is 0 Å². The Morgan fingerprint density at radius 2 is 0.450 bits per heavy atom. The molecule has 0 saturated heterocycles. The largest absolute Gasteiger partial charge is 0.354 e. The summed E-state index contributed by atoms with van der Waals surface area (Å²) in [5.41, 5.74) is 22.0. The fourth-order valence-corrected chi connectivity index (χ4v) is 13.1. The van der Waals surface area contributed by atoms with Gasteiger partial charge in [0.05, 0.1) is 101 Å². The lowest BCUT2D eigenvalue weighted by Crippen LogP contribution is -2.46. The van der Waals surface area contributed by atoms with Crippen molar-refractivity contribution in [2.24, 2.45) is 0 Å². The molecule has 418 valence electrons. The van der Waals surface area contributed by atoms with Crippen LogP contribution in [0.2, 0.25) is 0 Å². The highest BCUT2D eigenvalue weighted by atomic mass is 15.4. The first-order valence-corrected chi connectivity index (χ1v) is 30.8. The summed E-state index contributed by atoms with van der Waals surface area (Å²) in [7, 11) is 0. The molecule has 9 rings (SSSR count). The van der Waals surface area contributed by atoms with E-state index >= 15 is 0 Å². The topological polar surface area (TPSA) is 57.4 Å². The number of quaternary nitrogens is 4. The van der Waals surface area contributed by atoms with Crippen molar-refractivity contribution in [1.82, 2.24) is 19.9 Å². The molecule has 80 heavy (non-hydrogen) atoms. The van der Waals surface area contributed by atoms with Crippen LogP contribution in [-0.2, 0) is 26.2 Å². The quantitative estimate of drug-likeness (QED) is 0.0593. The Bertz CT molecular complexity index is 3250. The number of nitrogens with one attached hydrogen (secondary N) is 2. The van der Waals surface area contributed by atoms with Gasteiger partial charge in [-0.1, -0.05) is 97.1 Å². The van der Waals surface area contributed by atoms with E-state index in [1.165, 1.54) is 22.3 Å². The minimum absolute atomic E-state index is 0.906. The van der Waals surface area contributed by atoms with Crippen molar-refractivity contribution in [3.63, 3.8) is 0 Å². The van der Waals surface area contributed by atoms with Crippen molar-refractivity contribution >= 4 is 46.4 Å². The van der Waals surface area contributed by atoms with Crippen LogP contribution in [0.5, 0.6) is 0 Å². The van der Waals surface area contributed by atoms with Crippen LogP contribution in [0.1, 0.15) is 128 Å². The molecule has 0 radical (unpaired) electrons. The summed E-state index contributed by atoms with van der Waals surface area (Å²) in [6.07, 6.45) is 8.88. The van der Waals surface area contributed by atoms with E-state index in [4.69, 9.17) is 9.97 Å². The summed E-state index contributed by atoms with van der Waals surface area (Å²) in [5.74, 6) is 0. The molecule has 0 atom stereocenters. The maximum atomic E-state index is 5.69. The molecule has 8 heteroatoms. The molecule has 0 spiro atoms. The van der Waals surface area contributed by atoms with Crippen LogP contribution in [0.4, 0.5) is 0 Å². The number of H-pyrrole nitrogens is 2. The number of aromatic nitrogens is 4. The highest BCUT2D eigenvalue weighted by Crippen LogP contribution is 2.39. The van der Waals surface area contributed by atoms with Gasteiger partial charge in [0.15, 0.2) is 0 Å². The third-order valence-electron chi connectivity index (χ3n) is 19.8. The van der Waals surface area contributed by atoms with E-state index in [1.807, 2.05) is 0 Å². The molecule has 2 aliphatic rings. The molecule has 8 nitrogen and oxygen atoms in total. The van der Waals surface area contributed by atoms with Crippen molar-refractivity contribution < 1.29 is 17.9 Å². The Morgan fingerprint density at radius 1 is 0.250 bits per heavy atom. The van der Waals surface area contributed by atoms with Gasteiger partial charge in [-0.15, -0.1) is 0 Å². The molecule has 3 aromatic heterocycles. The summed E-state index contributed by atoms with van der Waals surface area (Å²) in [5, 5.41) is 0. The third-order valence-corrected chi connectivity index (χ3v) is 19.8. The van der Waals surface area contributed by atoms with Gasteiger partial charge in [-0.05, 0) is 154 Å². The SMILES string of the molecule is CC[N+](CC)(CC)Cc1ccc(-c2c3nc(c(-c4ccc(C[N+](CC)(CC)CC)cc4)c4ccc([nH]4)c(-c4ccc(C[N+](CC)(CC)CC)cc4)c4ccc([nH]4)c(-c4ccc(C[N+](CC)(CC)CC)cc4)c4nc2C=C4)C=C3)cc1. The molecule has 2 aliphatic heterocycles. The zero-order valence-corrected chi connectivity index (χ0v) is 50.9. The van der Waals surface area contributed by atoms with Gasteiger partial charge in [-0.2, -0.15) is 0 Å². The van der Waals surface area contributed by atoms with Crippen LogP contribution in [0.3, 0.4) is 0 Å². The van der Waals surface area contributed by atoms with E-state index in [2.05, 4.69) is 239 Å². The minimum atomic E-state index is 0.906. The molecule has 8 bridgehead atoms. The molecular weight excluding hydrogens is 977 g/mol. The van der Waals surface area contributed by atoms with Gasteiger partial charge < -0.3 is 27.9 Å². The van der Waals surface area contributed by atoms with Gasteiger partial charge in [0.2, 0.25) is 0 Å². The Labute approximate surface area is 480 Å². The predicted molar refractivity (Wildman–Crippen MR) is 343 cm³/mol. The van der Waals surface area contributed by atoms with E-state index in [1.54, 1.807) is 0 Å². The lowest BCUT2D eigenvalue weighted by atomic mass is 10.00. The summed E-state index contributed by atoms with van der Waals surface area (Å²) in [6, 6.07) is 46.4. The molecule has 0 aliphatic carbocycles. The highest BCUT2D eigenvalue weighted by Gasteiger charge is 2.27. The normalized spacial score (nSPS) is 12.9. The highest BCUT2D eigenvalue weighted by molar-refractivity contribution is 6.00. The molecule has 2 N–H and O–H groups in total. The van der Waals surface area contributed by atoms with Crippen molar-refractivity contribution in [3.8, 4) is 44.5 Å². The molecule has 5 heterocycles. The second-order valence-corrected chi connectivity index (χ2v) is 23.1. The van der Waals surface area contributed by atoms with Crippen LogP contribution in [0.25, 0.3) is 90.9 Å². The molecule has 0 fully saturated rings. The van der Waals surface area contributed by atoms with E-state index in [0.717, 1.165) is 212 Å². The number of hydrogen-bond donors (Lipinski definition) is 2. The van der Waals surface area contributed by atoms with Crippen LogP contribution in [0.15, 0.2) is 121 Å². The third kappa shape index (κ3) is 11.7. The Morgan fingerprint density at radius 3 is 0.688 bits per heavy atom. The molecular formula is C72H94N8+4. The van der Waals surface area contributed by atoms with Gasteiger partial charge in [0.25, 0.3) is 0 Å². The molecule has 0 saturated carbocycles. The fourth-order valence-electron chi connectivity index (χ4n) is 13.1. The van der Waals surface area contributed by atoms with E-state index in [0.29, 0.717) is 0 Å².